The van der Waals surface area contributed by atoms with Crippen LogP contribution in [0, 0.1) is 6.92 Å². The molecule has 0 bridgehead atoms. The van der Waals surface area contributed by atoms with Crippen molar-refractivity contribution in [2.45, 2.75) is 32.2 Å². The molecule has 1 heterocycles. The summed E-state index contributed by atoms with van der Waals surface area (Å²) in [5.74, 6) is 0.859. The van der Waals surface area contributed by atoms with Gasteiger partial charge in [0.05, 0.1) is 12.5 Å². The summed E-state index contributed by atoms with van der Waals surface area (Å²) in [5, 5.41) is 8.96. The summed E-state index contributed by atoms with van der Waals surface area (Å²) >= 11 is 1.73. The maximum atomic E-state index is 12.4. The quantitative estimate of drug-likeness (QED) is 0.907. The van der Waals surface area contributed by atoms with Gasteiger partial charge >= 0.3 is 5.97 Å². The fourth-order valence-electron chi connectivity index (χ4n) is 2.63. The molecule has 114 valence electrons. The Bertz CT molecular complexity index is 518. The lowest BCUT2D eigenvalue weighted by Gasteiger charge is -2.34. The zero-order chi connectivity index (χ0) is 15.2. The van der Waals surface area contributed by atoms with Crippen molar-refractivity contribution in [3.05, 3.63) is 35.4 Å². The molecule has 0 aromatic heterocycles. The number of thioether (sulfide) groups is 1. The first-order valence-corrected chi connectivity index (χ1v) is 8.37. The Hall–Kier alpha value is -1.49. The number of nitrogens with zero attached hydrogens (tertiary/aromatic N) is 1. The summed E-state index contributed by atoms with van der Waals surface area (Å²) in [7, 11) is 0. The summed E-state index contributed by atoms with van der Waals surface area (Å²) in [6, 6.07) is 7.90. The van der Waals surface area contributed by atoms with Crippen molar-refractivity contribution in [2.24, 2.45) is 0 Å². The van der Waals surface area contributed by atoms with Gasteiger partial charge in [-0.05, 0) is 24.5 Å². The molecule has 21 heavy (non-hydrogen) atoms. The topological polar surface area (TPSA) is 57.6 Å². The lowest BCUT2D eigenvalue weighted by atomic mass is 10.0. The van der Waals surface area contributed by atoms with Crippen molar-refractivity contribution in [3.8, 4) is 0 Å². The lowest BCUT2D eigenvalue weighted by Crippen LogP contribution is -2.47. The molecule has 1 aliphatic heterocycles. The molecule has 5 heteroatoms. The van der Waals surface area contributed by atoms with Gasteiger partial charge in [0.25, 0.3) is 0 Å². The highest BCUT2D eigenvalue weighted by Gasteiger charge is 2.28. The predicted octanol–water partition coefficient (Wildman–Crippen LogP) is 2.35. The Kier molecular flexibility index (Phi) is 5.67. The third kappa shape index (κ3) is 4.49. The first-order valence-electron chi connectivity index (χ1n) is 7.21. The molecule has 1 unspecified atom stereocenters. The van der Waals surface area contributed by atoms with Gasteiger partial charge in [0.15, 0.2) is 0 Å². The van der Waals surface area contributed by atoms with Crippen LogP contribution >= 0.6 is 11.8 Å². The summed E-state index contributed by atoms with van der Waals surface area (Å²) in [5.41, 5.74) is 2.38. The number of carboxylic acid groups (broad SMARTS) is 1. The number of amides is 1. The Balaban J connectivity index is 1.94. The smallest absolute Gasteiger partial charge is 0.305 e. The van der Waals surface area contributed by atoms with Crippen molar-refractivity contribution in [2.75, 3.05) is 18.1 Å². The van der Waals surface area contributed by atoms with Crippen molar-refractivity contribution in [1.29, 1.82) is 0 Å². The van der Waals surface area contributed by atoms with E-state index in [9.17, 15) is 9.59 Å². The summed E-state index contributed by atoms with van der Waals surface area (Å²) < 4.78 is 0. The molecule has 1 aliphatic rings. The van der Waals surface area contributed by atoms with E-state index in [2.05, 4.69) is 0 Å². The van der Waals surface area contributed by atoms with Crippen LogP contribution in [-0.2, 0) is 16.0 Å². The van der Waals surface area contributed by atoms with Crippen LogP contribution in [0.4, 0.5) is 0 Å². The first-order chi connectivity index (χ1) is 10.1. The Morgan fingerprint density at radius 3 is 2.86 bits per heavy atom. The van der Waals surface area contributed by atoms with E-state index >= 15 is 0 Å². The highest BCUT2D eigenvalue weighted by molar-refractivity contribution is 7.99. The second kappa shape index (κ2) is 7.50. The Morgan fingerprint density at radius 2 is 2.14 bits per heavy atom. The molecule has 1 aromatic carbocycles. The second-order valence-corrected chi connectivity index (χ2v) is 6.49. The largest absolute Gasteiger partial charge is 0.481 e. The molecular formula is C16H21NO3S. The third-order valence-corrected chi connectivity index (χ3v) is 4.92. The maximum absolute atomic E-state index is 12.4. The first kappa shape index (κ1) is 15.9. The van der Waals surface area contributed by atoms with Crippen molar-refractivity contribution in [3.63, 3.8) is 0 Å². The highest BCUT2D eigenvalue weighted by Crippen LogP contribution is 2.20. The van der Waals surface area contributed by atoms with Gasteiger partial charge in [-0.3, -0.25) is 9.59 Å². The minimum atomic E-state index is -0.834. The monoisotopic (exact) mass is 307 g/mol. The normalized spacial score (nSPS) is 18.5. The van der Waals surface area contributed by atoms with Crippen molar-refractivity contribution < 1.29 is 14.7 Å². The molecule has 1 N–H and O–H groups in total. The van der Waals surface area contributed by atoms with E-state index in [-0.39, 0.29) is 18.4 Å². The standard InChI is InChI=1S/C16H21NO3S/c1-12-4-2-3-5-13(12)6-7-15(18)17-8-9-21-11-14(17)10-16(19)20/h2-5,14H,6-11H2,1H3,(H,19,20). The number of aryl methyl sites for hydroxylation is 2. The molecule has 1 aromatic rings. The SMILES string of the molecule is Cc1ccccc1CCC(=O)N1CCSCC1CC(=O)O. The zero-order valence-corrected chi connectivity index (χ0v) is 13.1. The molecule has 1 fully saturated rings. The van der Waals surface area contributed by atoms with E-state index in [0.29, 0.717) is 13.0 Å². The number of carbonyl (C=O) groups is 2. The molecule has 0 spiro atoms. The van der Waals surface area contributed by atoms with Crippen molar-refractivity contribution in [1.82, 2.24) is 4.90 Å². The van der Waals surface area contributed by atoms with Gasteiger partial charge in [-0.15, -0.1) is 0 Å². The molecular weight excluding hydrogens is 286 g/mol. The van der Waals surface area contributed by atoms with Gasteiger partial charge < -0.3 is 10.0 Å². The van der Waals surface area contributed by atoms with E-state index in [1.807, 2.05) is 31.2 Å². The average molecular weight is 307 g/mol. The number of hydrogen-bond acceptors (Lipinski definition) is 3. The number of hydrogen-bond donors (Lipinski definition) is 1. The fourth-order valence-corrected chi connectivity index (χ4v) is 3.69. The number of carboxylic acids is 1. The summed E-state index contributed by atoms with van der Waals surface area (Å²) in [6.45, 7) is 2.71. The van der Waals surface area contributed by atoms with Crippen LogP contribution in [0.5, 0.6) is 0 Å². The molecule has 1 saturated heterocycles. The van der Waals surface area contributed by atoms with Crippen molar-refractivity contribution >= 4 is 23.6 Å². The van der Waals surface area contributed by atoms with Gasteiger partial charge in [0.1, 0.15) is 0 Å². The van der Waals surface area contributed by atoms with E-state index in [1.165, 1.54) is 11.1 Å². The van der Waals surface area contributed by atoms with Gasteiger partial charge in [-0.1, -0.05) is 24.3 Å². The fraction of sp³-hybridized carbons (Fsp3) is 0.500. The average Bonchev–Trinajstić information content (AvgIpc) is 2.46. The minimum absolute atomic E-state index is 0.0447. The van der Waals surface area contributed by atoms with Crippen LogP contribution in [0.1, 0.15) is 24.0 Å². The van der Waals surface area contributed by atoms with E-state index in [4.69, 9.17) is 5.11 Å². The van der Waals surface area contributed by atoms with E-state index < -0.39 is 5.97 Å². The van der Waals surface area contributed by atoms with Gasteiger partial charge in [0, 0.05) is 24.5 Å². The molecule has 0 saturated carbocycles. The molecule has 0 radical (unpaired) electrons. The molecule has 0 aliphatic carbocycles. The van der Waals surface area contributed by atoms with Crippen LogP contribution in [0.15, 0.2) is 24.3 Å². The lowest BCUT2D eigenvalue weighted by molar-refractivity contribution is -0.140. The van der Waals surface area contributed by atoms with Crippen LogP contribution in [0.2, 0.25) is 0 Å². The third-order valence-electron chi connectivity index (χ3n) is 3.83. The number of rotatable bonds is 5. The van der Waals surface area contributed by atoms with Crippen LogP contribution in [0.3, 0.4) is 0 Å². The minimum Gasteiger partial charge on any atom is -0.481 e. The van der Waals surface area contributed by atoms with Crippen LogP contribution in [0.25, 0.3) is 0 Å². The molecule has 2 rings (SSSR count). The van der Waals surface area contributed by atoms with Crippen LogP contribution in [-0.4, -0.2) is 46.0 Å². The summed E-state index contributed by atoms with van der Waals surface area (Å²) in [4.78, 5) is 25.1. The molecule has 4 nitrogen and oxygen atoms in total. The maximum Gasteiger partial charge on any atom is 0.305 e. The van der Waals surface area contributed by atoms with Gasteiger partial charge in [0.2, 0.25) is 5.91 Å². The zero-order valence-electron chi connectivity index (χ0n) is 12.2. The van der Waals surface area contributed by atoms with E-state index in [0.717, 1.165) is 17.9 Å². The van der Waals surface area contributed by atoms with Gasteiger partial charge in [-0.2, -0.15) is 11.8 Å². The molecule has 1 amide bonds. The van der Waals surface area contributed by atoms with Crippen LogP contribution < -0.4 is 0 Å². The predicted molar refractivity (Wildman–Crippen MR) is 84.6 cm³/mol. The van der Waals surface area contributed by atoms with Gasteiger partial charge in [-0.25, -0.2) is 0 Å². The number of carbonyl (C=O) groups excluding carboxylic acids is 1. The summed E-state index contributed by atoms with van der Waals surface area (Å²) in [6.07, 6.45) is 1.21. The second-order valence-electron chi connectivity index (χ2n) is 5.34. The Labute approximate surface area is 129 Å². The highest BCUT2D eigenvalue weighted by atomic mass is 32.2. The number of aliphatic carboxylic acids is 1. The molecule has 1 atom stereocenters. The number of benzene rings is 1. The van der Waals surface area contributed by atoms with E-state index in [1.54, 1.807) is 16.7 Å². The Morgan fingerprint density at radius 1 is 1.38 bits per heavy atom.